The van der Waals surface area contributed by atoms with Crippen molar-refractivity contribution in [2.75, 3.05) is 6.61 Å². The molecule has 0 unspecified atom stereocenters. The highest BCUT2D eigenvalue weighted by Gasteiger charge is 2.10. The van der Waals surface area contributed by atoms with Gasteiger partial charge in [-0.2, -0.15) is 0 Å². The molecular weight excluding hydrogens is 354 g/mol. The maximum atomic E-state index is 12.1. The summed E-state index contributed by atoms with van der Waals surface area (Å²) < 4.78 is 5.07. The molecule has 3 aromatic rings. The summed E-state index contributed by atoms with van der Waals surface area (Å²) in [6.07, 6.45) is 0. The molecule has 0 aromatic heterocycles. The minimum absolute atomic E-state index is 0.199. The number of rotatable bonds is 6. The lowest BCUT2D eigenvalue weighted by molar-refractivity contribution is -0.124. The molecule has 5 nitrogen and oxygen atoms in total. The van der Waals surface area contributed by atoms with Crippen LogP contribution in [-0.2, 0) is 16.1 Å². The van der Waals surface area contributed by atoms with Gasteiger partial charge in [0, 0.05) is 6.54 Å². The van der Waals surface area contributed by atoms with Crippen LogP contribution in [0.15, 0.2) is 72.8 Å². The van der Waals surface area contributed by atoms with E-state index in [1.165, 1.54) is 0 Å². The molecular formula is C23H21NO4. The van der Waals surface area contributed by atoms with Crippen molar-refractivity contribution in [2.24, 2.45) is 0 Å². The van der Waals surface area contributed by atoms with Crippen molar-refractivity contribution < 1.29 is 19.4 Å². The fourth-order valence-corrected chi connectivity index (χ4v) is 2.62. The molecule has 0 aliphatic heterocycles. The maximum Gasteiger partial charge on any atom is 0.338 e. The van der Waals surface area contributed by atoms with Gasteiger partial charge in [-0.25, -0.2) is 4.79 Å². The second kappa shape index (κ2) is 8.86. The second-order valence-electron chi connectivity index (χ2n) is 6.46. The van der Waals surface area contributed by atoms with Crippen molar-refractivity contribution >= 4 is 11.9 Å². The highest BCUT2D eigenvalue weighted by molar-refractivity contribution is 5.91. The maximum absolute atomic E-state index is 12.1. The first-order valence-corrected chi connectivity index (χ1v) is 8.90. The molecule has 0 saturated carbocycles. The summed E-state index contributed by atoms with van der Waals surface area (Å²) >= 11 is 0. The Morgan fingerprint density at radius 3 is 2.04 bits per heavy atom. The smallest absolute Gasteiger partial charge is 0.338 e. The number of phenolic OH excluding ortho intramolecular Hbond substituents is 1. The average Bonchev–Trinajstić information content (AvgIpc) is 2.72. The van der Waals surface area contributed by atoms with Crippen LogP contribution in [-0.4, -0.2) is 23.6 Å². The molecule has 3 rings (SSSR count). The zero-order chi connectivity index (χ0) is 19.9. The fourth-order valence-electron chi connectivity index (χ4n) is 2.62. The predicted octanol–water partition coefficient (Wildman–Crippen LogP) is 3.84. The number of benzene rings is 3. The quantitative estimate of drug-likeness (QED) is 0.642. The van der Waals surface area contributed by atoms with Crippen LogP contribution in [0.1, 0.15) is 21.5 Å². The van der Waals surface area contributed by atoms with E-state index in [1.54, 1.807) is 48.5 Å². The number of esters is 1. The predicted molar refractivity (Wildman–Crippen MR) is 107 cm³/mol. The van der Waals surface area contributed by atoms with Crippen LogP contribution < -0.4 is 5.32 Å². The zero-order valence-corrected chi connectivity index (χ0v) is 15.5. The number of carbonyl (C=O) groups excluding carboxylic acids is 2. The van der Waals surface area contributed by atoms with Gasteiger partial charge >= 0.3 is 5.97 Å². The Morgan fingerprint density at radius 2 is 1.43 bits per heavy atom. The minimum Gasteiger partial charge on any atom is -0.508 e. The summed E-state index contributed by atoms with van der Waals surface area (Å²) in [7, 11) is 0. The van der Waals surface area contributed by atoms with Gasteiger partial charge in [-0.15, -0.1) is 0 Å². The lowest BCUT2D eigenvalue weighted by Gasteiger charge is -2.08. The number of hydrogen-bond donors (Lipinski definition) is 2. The third kappa shape index (κ3) is 5.20. The monoisotopic (exact) mass is 375 g/mol. The number of phenols is 1. The Morgan fingerprint density at radius 1 is 0.857 bits per heavy atom. The third-order valence-electron chi connectivity index (χ3n) is 4.27. The Bertz CT molecular complexity index is 945. The van der Waals surface area contributed by atoms with Crippen LogP contribution in [0.2, 0.25) is 0 Å². The van der Waals surface area contributed by atoms with E-state index in [0.717, 1.165) is 22.3 Å². The van der Waals surface area contributed by atoms with E-state index >= 15 is 0 Å². The van der Waals surface area contributed by atoms with Crippen LogP contribution in [0.25, 0.3) is 11.1 Å². The summed E-state index contributed by atoms with van der Waals surface area (Å²) in [6.45, 7) is 2.06. The van der Waals surface area contributed by atoms with Gasteiger partial charge in [0.05, 0.1) is 5.56 Å². The first kappa shape index (κ1) is 19.2. The Kier molecular flexibility index (Phi) is 6.07. The van der Waals surface area contributed by atoms with Crippen molar-refractivity contribution in [1.82, 2.24) is 5.32 Å². The molecule has 0 radical (unpaired) electrons. The van der Waals surface area contributed by atoms with Crippen molar-refractivity contribution in [3.05, 3.63) is 89.5 Å². The zero-order valence-electron chi connectivity index (χ0n) is 15.5. The van der Waals surface area contributed by atoms with E-state index < -0.39 is 5.97 Å². The highest BCUT2D eigenvalue weighted by Crippen LogP contribution is 2.22. The van der Waals surface area contributed by atoms with Gasteiger partial charge in [0.2, 0.25) is 0 Å². The SMILES string of the molecule is Cc1ccc(CNC(=O)COC(=O)c2ccc(-c3ccc(O)cc3)cc2)cc1. The topological polar surface area (TPSA) is 75.6 Å². The number of hydrogen-bond acceptors (Lipinski definition) is 4. The van der Waals surface area contributed by atoms with Crippen molar-refractivity contribution in [2.45, 2.75) is 13.5 Å². The largest absolute Gasteiger partial charge is 0.508 e. The second-order valence-corrected chi connectivity index (χ2v) is 6.46. The Labute approximate surface area is 163 Å². The van der Waals surface area contributed by atoms with Crippen molar-refractivity contribution in [3.8, 4) is 16.9 Å². The van der Waals surface area contributed by atoms with Gasteiger partial charge in [-0.1, -0.05) is 54.1 Å². The number of ether oxygens (including phenoxy) is 1. The first-order chi connectivity index (χ1) is 13.5. The molecule has 0 heterocycles. The van der Waals surface area contributed by atoms with Crippen LogP contribution in [0, 0.1) is 6.92 Å². The van der Waals surface area contributed by atoms with E-state index in [0.29, 0.717) is 12.1 Å². The van der Waals surface area contributed by atoms with Crippen LogP contribution in [0.5, 0.6) is 5.75 Å². The van der Waals surface area contributed by atoms with Gasteiger partial charge in [0.1, 0.15) is 5.75 Å². The molecule has 0 bridgehead atoms. The highest BCUT2D eigenvalue weighted by atomic mass is 16.5. The molecule has 1 amide bonds. The summed E-state index contributed by atoms with van der Waals surface area (Å²) in [5.41, 5.74) is 4.34. The number of carbonyl (C=O) groups is 2. The molecule has 0 atom stereocenters. The summed E-state index contributed by atoms with van der Waals surface area (Å²) in [5, 5.41) is 12.1. The first-order valence-electron chi connectivity index (χ1n) is 8.90. The normalized spacial score (nSPS) is 10.3. The Hall–Kier alpha value is -3.60. The summed E-state index contributed by atoms with van der Waals surface area (Å²) in [6, 6.07) is 21.5. The molecule has 5 heteroatoms. The van der Waals surface area contributed by atoms with Gasteiger partial charge in [0.25, 0.3) is 5.91 Å². The molecule has 0 aliphatic rings. The van der Waals surface area contributed by atoms with Gasteiger partial charge in [-0.05, 0) is 47.9 Å². The van der Waals surface area contributed by atoms with Crippen molar-refractivity contribution in [1.29, 1.82) is 0 Å². The van der Waals surface area contributed by atoms with Crippen LogP contribution >= 0.6 is 0 Å². The van der Waals surface area contributed by atoms with E-state index in [9.17, 15) is 14.7 Å². The standard InChI is InChI=1S/C23H21NO4/c1-16-2-4-17(5-3-16)14-24-22(26)15-28-23(27)20-8-6-18(7-9-20)19-10-12-21(25)13-11-19/h2-13,25H,14-15H2,1H3,(H,24,26). The van der Waals surface area contributed by atoms with Crippen LogP contribution in [0.4, 0.5) is 0 Å². The lowest BCUT2D eigenvalue weighted by Crippen LogP contribution is -2.28. The van der Waals surface area contributed by atoms with E-state index in [-0.39, 0.29) is 18.3 Å². The van der Waals surface area contributed by atoms with Crippen molar-refractivity contribution in [3.63, 3.8) is 0 Å². The minimum atomic E-state index is -0.553. The number of aromatic hydroxyl groups is 1. The third-order valence-corrected chi connectivity index (χ3v) is 4.27. The molecule has 0 fully saturated rings. The number of nitrogens with one attached hydrogen (secondary N) is 1. The number of aryl methyl sites for hydroxylation is 1. The summed E-state index contributed by atoms with van der Waals surface area (Å²) in [5.74, 6) is -0.706. The molecule has 0 spiro atoms. The molecule has 0 aliphatic carbocycles. The average molecular weight is 375 g/mol. The molecule has 3 aromatic carbocycles. The van der Waals surface area contributed by atoms with E-state index in [2.05, 4.69) is 5.32 Å². The van der Waals surface area contributed by atoms with E-state index in [1.807, 2.05) is 31.2 Å². The molecule has 142 valence electrons. The van der Waals surface area contributed by atoms with Gasteiger partial charge in [-0.3, -0.25) is 4.79 Å². The molecule has 2 N–H and O–H groups in total. The molecule has 28 heavy (non-hydrogen) atoms. The van der Waals surface area contributed by atoms with E-state index in [4.69, 9.17) is 4.74 Å². The van der Waals surface area contributed by atoms with Gasteiger partial charge in [0.15, 0.2) is 6.61 Å². The fraction of sp³-hybridized carbons (Fsp3) is 0.130. The van der Waals surface area contributed by atoms with Gasteiger partial charge < -0.3 is 15.2 Å². The molecule has 0 saturated heterocycles. The van der Waals surface area contributed by atoms with Crippen LogP contribution in [0.3, 0.4) is 0 Å². The lowest BCUT2D eigenvalue weighted by atomic mass is 10.0. The summed E-state index contributed by atoms with van der Waals surface area (Å²) in [4.78, 5) is 24.0. The number of amides is 1. The Balaban J connectivity index is 1.49.